The zero-order chi connectivity index (χ0) is 8.48. The third-order valence-corrected chi connectivity index (χ3v) is 1.66. The van der Waals surface area contributed by atoms with Gasteiger partial charge in [-0.1, -0.05) is 26.2 Å². The van der Waals surface area contributed by atoms with Gasteiger partial charge in [0.15, 0.2) is 0 Å². The molecule has 2 heteroatoms. The van der Waals surface area contributed by atoms with E-state index < -0.39 is 0 Å². The topological polar surface area (TPSA) is 12.9 Å². The predicted molar refractivity (Wildman–Crippen MR) is 48.3 cm³/mol. The van der Waals surface area contributed by atoms with Crippen molar-refractivity contribution in [1.29, 1.82) is 0 Å². The lowest BCUT2D eigenvalue weighted by Crippen LogP contribution is -2.23. The Morgan fingerprint density at radius 2 is 2.00 bits per heavy atom. The summed E-state index contributed by atoms with van der Waals surface area (Å²) in [7, 11) is 5.74. The molecule has 0 saturated carbocycles. The van der Waals surface area contributed by atoms with Gasteiger partial charge in [-0.25, -0.2) is 0 Å². The maximum atomic E-state index is 5.74. The SMILES string of the molecule is [B]c1cnccc1C(C)(C)C. The molecule has 11 heavy (non-hydrogen) atoms. The number of nitrogens with zero attached hydrogens (tertiary/aromatic N) is 1. The van der Waals surface area contributed by atoms with E-state index in [1.54, 1.807) is 12.4 Å². The molecule has 56 valence electrons. The van der Waals surface area contributed by atoms with Crippen LogP contribution < -0.4 is 5.46 Å². The van der Waals surface area contributed by atoms with Crippen molar-refractivity contribution in [2.75, 3.05) is 0 Å². The molecule has 1 aromatic rings. The Morgan fingerprint density at radius 1 is 1.36 bits per heavy atom. The summed E-state index contributed by atoms with van der Waals surface area (Å²) >= 11 is 0. The summed E-state index contributed by atoms with van der Waals surface area (Å²) in [4.78, 5) is 3.93. The van der Waals surface area contributed by atoms with Crippen LogP contribution in [0.4, 0.5) is 0 Å². The van der Waals surface area contributed by atoms with Gasteiger partial charge < -0.3 is 0 Å². The van der Waals surface area contributed by atoms with Gasteiger partial charge in [-0.15, -0.1) is 0 Å². The molecule has 0 saturated heterocycles. The minimum absolute atomic E-state index is 0.118. The highest BCUT2D eigenvalue weighted by molar-refractivity contribution is 6.33. The molecule has 0 bridgehead atoms. The number of pyridine rings is 1. The molecular formula is C9H12BN. The monoisotopic (exact) mass is 145 g/mol. The second-order valence-electron chi connectivity index (χ2n) is 3.71. The largest absolute Gasteiger partial charge is 0.265 e. The molecule has 0 N–H and O–H groups in total. The molecule has 0 aliphatic heterocycles. The molecule has 1 aromatic heterocycles. The lowest BCUT2D eigenvalue weighted by atomic mass is 9.79. The second-order valence-corrected chi connectivity index (χ2v) is 3.71. The van der Waals surface area contributed by atoms with Crippen molar-refractivity contribution in [3.05, 3.63) is 24.0 Å². The van der Waals surface area contributed by atoms with Crippen LogP contribution in [0.15, 0.2) is 18.5 Å². The summed E-state index contributed by atoms with van der Waals surface area (Å²) in [6, 6.07) is 1.97. The Balaban J connectivity index is 3.14. The first-order valence-corrected chi connectivity index (χ1v) is 3.72. The van der Waals surface area contributed by atoms with Crippen molar-refractivity contribution in [1.82, 2.24) is 4.98 Å². The van der Waals surface area contributed by atoms with Crippen LogP contribution in [0.3, 0.4) is 0 Å². The van der Waals surface area contributed by atoms with E-state index >= 15 is 0 Å². The molecule has 1 heterocycles. The molecule has 1 nitrogen and oxygen atoms in total. The van der Waals surface area contributed by atoms with Crippen LogP contribution >= 0.6 is 0 Å². The van der Waals surface area contributed by atoms with E-state index in [4.69, 9.17) is 7.85 Å². The van der Waals surface area contributed by atoms with Crippen LogP contribution in [0.2, 0.25) is 0 Å². The fourth-order valence-corrected chi connectivity index (χ4v) is 1.09. The van der Waals surface area contributed by atoms with Crippen LogP contribution in [0.1, 0.15) is 26.3 Å². The standard InChI is InChI=1S/C9H12BN/c1-9(2,3)7-4-5-11-6-8(7)10/h4-6H,1-3H3. The van der Waals surface area contributed by atoms with Crippen molar-refractivity contribution in [2.24, 2.45) is 0 Å². The number of hydrogen-bond acceptors (Lipinski definition) is 1. The molecular weight excluding hydrogens is 133 g/mol. The summed E-state index contributed by atoms with van der Waals surface area (Å²) in [6.45, 7) is 6.41. The fourth-order valence-electron chi connectivity index (χ4n) is 1.09. The molecule has 0 aliphatic carbocycles. The Hall–Kier alpha value is -0.785. The predicted octanol–water partition coefficient (Wildman–Crippen LogP) is 1.17. The normalized spacial score (nSPS) is 11.5. The van der Waals surface area contributed by atoms with Gasteiger partial charge in [0.1, 0.15) is 7.85 Å². The Bertz CT molecular complexity index is 250. The fraction of sp³-hybridized carbons (Fsp3) is 0.444. The summed E-state index contributed by atoms with van der Waals surface area (Å²) in [5.41, 5.74) is 2.06. The summed E-state index contributed by atoms with van der Waals surface area (Å²) in [6.07, 6.45) is 3.47. The molecule has 0 spiro atoms. The van der Waals surface area contributed by atoms with Crippen molar-refractivity contribution in [3.8, 4) is 0 Å². The molecule has 2 radical (unpaired) electrons. The third-order valence-electron chi connectivity index (χ3n) is 1.66. The van der Waals surface area contributed by atoms with Crippen molar-refractivity contribution >= 4 is 13.3 Å². The van der Waals surface area contributed by atoms with E-state index in [0.717, 1.165) is 11.0 Å². The molecule has 0 aromatic carbocycles. The average Bonchev–Trinajstić information content (AvgIpc) is 1.86. The van der Waals surface area contributed by atoms with Crippen LogP contribution in [0.5, 0.6) is 0 Å². The molecule has 0 atom stereocenters. The lowest BCUT2D eigenvalue weighted by Gasteiger charge is -2.21. The zero-order valence-electron chi connectivity index (χ0n) is 7.26. The van der Waals surface area contributed by atoms with Crippen molar-refractivity contribution < 1.29 is 0 Å². The van der Waals surface area contributed by atoms with Gasteiger partial charge in [-0.2, -0.15) is 0 Å². The van der Waals surface area contributed by atoms with E-state index in [1.165, 1.54) is 0 Å². The van der Waals surface area contributed by atoms with Gasteiger partial charge in [0.05, 0.1) is 0 Å². The van der Waals surface area contributed by atoms with Gasteiger partial charge in [-0.05, 0) is 17.0 Å². The van der Waals surface area contributed by atoms with Crippen LogP contribution in [-0.4, -0.2) is 12.8 Å². The molecule has 0 amide bonds. The van der Waals surface area contributed by atoms with E-state index in [2.05, 4.69) is 25.8 Å². The smallest absolute Gasteiger partial charge is 0.116 e. The summed E-state index contributed by atoms with van der Waals surface area (Å²) in [5.74, 6) is 0. The lowest BCUT2D eigenvalue weighted by molar-refractivity contribution is 0.593. The summed E-state index contributed by atoms with van der Waals surface area (Å²) < 4.78 is 0. The van der Waals surface area contributed by atoms with E-state index in [9.17, 15) is 0 Å². The highest BCUT2D eigenvalue weighted by Gasteiger charge is 2.14. The van der Waals surface area contributed by atoms with E-state index in [1.807, 2.05) is 6.07 Å². The van der Waals surface area contributed by atoms with Crippen LogP contribution in [0.25, 0.3) is 0 Å². The van der Waals surface area contributed by atoms with Gasteiger partial charge in [0.2, 0.25) is 0 Å². The van der Waals surface area contributed by atoms with Crippen LogP contribution in [-0.2, 0) is 5.41 Å². The second kappa shape index (κ2) is 2.69. The number of aromatic nitrogens is 1. The van der Waals surface area contributed by atoms with Crippen molar-refractivity contribution in [3.63, 3.8) is 0 Å². The maximum Gasteiger partial charge on any atom is 0.116 e. The Labute approximate surface area is 69.3 Å². The highest BCUT2D eigenvalue weighted by Crippen LogP contribution is 2.18. The van der Waals surface area contributed by atoms with Gasteiger partial charge in [-0.3, -0.25) is 4.98 Å². The minimum atomic E-state index is 0.118. The Kier molecular flexibility index (Phi) is 2.03. The van der Waals surface area contributed by atoms with E-state index in [-0.39, 0.29) is 5.41 Å². The Morgan fingerprint density at radius 3 is 2.36 bits per heavy atom. The number of rotatable bonds is 0. The molecule has 0 fully saturated rings. The quantitative estimate of drug-likeness (QED) is 0.499. The molecule has 0 unspecified atom stereocenters. The first-order chi connectivity index (χ1) is 5.02. The van der Waals surface area contributed by atoms with Gasteiger partial charge >= 0.3 is 0 Å². The minimum Gasteiger partial charge on any atom is -0.265 e. The summed E-state index contributed by atoms with van der Waals surface area (Å²) in [5, 5.41) is 0. The van der Waals surface area contributed by atoms with Gasteiger partial charge in [0.25, 0.3) is 0 Å². The van der Waals surface area contributed by atoms with E-state index in [0.29, 0.717) is 0 Å². The van der Waals surface area contributed by atoms with Crippen LogP contribution in [0, 0.1) is 0 Å². The average molecular weight is 145 g/mol. The number of hydrogen-bond donors (Lipinski definition) is 0. The van der Waals surface area contributed by atoms with Gasteiger partial charge in [0, 0.05) is 12.4 Å². The zero-order valence-corrected chi connectivity index (χ0v) is 7.26. The first kappa shape index (κ1) is 8.31. The molecule has 1 rings (SSSR count). The maximum absolute atomic E-state index is 5.74. The van der Waals surface area contributed by atoms with Crippen molar-refractivity contribution in [2.45, 2.75) is 26.2 Å². The highest BCUT2D eigenvalue weighted by atomic mass is 14.6. The molecule has 0 aliphatic rings. The first-order valence-electron chi connectivity index (χ1n) is 3.72. The third kappa shape index (κ3) is 1.82.